The highest BCUT2D eigenvalue weighted by Gasteiger charge is 2.27. The van der Waals surface area contributed by atoms with Crippen LogP contribution in [0.15, 0.2) is 48.7 Å². The molecule has 0 bridgehead atoms. The number of hydrogen-bond acceptors (Lipinski definition) is 6. The standard InChI is InChI=1S/C27H34N6O2/c1-20-17-21(9-10-25(20)35-16-6-11-32-14-12-30(2)13-15-32)27(34)33-19-22-18-28-31(3)26(22)29-23-7-4-5-8-24(23)33/h4-5,7-10,17-18,29H,6,11-16,19H2,1-3H3. The van der Waals surface area contributed by atoms with E-state index in [0.29, 0.717) is 18.7 Å². The first-order chi connectivity index (χ1) is 17.0. The minimum atomic E-state index is -0.0410. The SMILES string of the molecule is Cc1cc(C(=O)N2Cc3cnn(C)c3Nc3ccccc32)ccc1OCCCN1CCN(C)CC1. The van der Waals surface area contributed by atoms with Crippen LogP contribution in [0.5, 0.6) is 5.75 Å². The number of amides is 1. The number of benzene rings is 2. The van der Waals surface area contributed by atoms with Crippen molar-refractivity contribution in [2.24, 2.45) is 7.05 Å². The Morgan fingerprint density at radius 1 is 1.09 bits per heavy atom. The molecule has 1 N–H and O–H groups in total. The Balaban J connectivity index is 1.26. The van der Waals surface area contributed by atoms with Gasteiger partial charge in [-0.2, -0.15) is 5.10 Å². The lowest BCUT2D eigenvalue weighted by Gasteiger charge is -2.32. The van der Waals surface area contributed by atoms with Crippen molar-refractivity contribution in [3.05, 3.63) is 65.4 Å². The fourth-order valence-electron chi connectivity index (χ4n) is 4.78. The molecule has 0 aliphatic carbocycles. The number of rotatable bonds is 6. The highest BCUT2D eigenvalue weighted by molar-refractivity contribution is 6.08. The fourth-order valence-corrected chi connectivity index (χ4v) is 4.78. The molecular formula is C27H34N6O2. The molecule has 35 heavy (non-hydrogen) atoms. The Morgan fingerprint density at radius 2 is 1.89 bits per heavy atom. The van der Waals surface area contributed by atoms with Crippen molar-refractivity contribution in [2.45, 2.75) is 19.9 Å². The second kappa shape index (κ2) is 10.1. The van der Waals surface area contributed by atoms with Crippen LogP contribution < -0.4 is 15.0 Å². The summed E-state index contributed by atoms with van der Waals surface area (Å²) in [5, 5.41) is 7.81. The molecule has 1 aromatic heterocycles. The first-order valence-electron chi connectivity index (χ1n) is 12.3. The highest BCUT2D eigenvalue weighted by atomic mass is 16.5. The van der Waals surface area contributed by atoms with Gasteiger partial charge in [-0.1, -0.05) is 12.1 Å². The van der Waals surface area contributed by atoms with Crippen molar-refractivity contribution < 1.29 is 9.53 Å². The number of anilines is 3. The number of hydrogen-bond donors (Lipinski definition) is 1. The third-order valence-electron chi connectivity index (χ3n) is 6.93. The number of ether oxygens (including phenoxy) is 1. The van der Waals surface area contributed by atoms with Gasteiger partial charge >= 0.3 is 0 Å². The Labute approximate surface area is 207 Å². The molecule has 8 heteroatoms. The maximum atomic E-state index is 13.7. The van der Waals surface area contributed by atoms with Gasteiger partial charge in [0, 0.05) is 50.9 Å². The topological polar surface area (TPSA) is 65.9 Å². The summed E-state index contributed by atoms with van der Waals surface area (Å²) < 4.78 is 7.88. The molecule has 0 spiro atoms. The van der Waals surface area contributed by atoms with Gasteiger partial charge in [-0.15, -0.1) is 0 Å². The van der Waals surface area contributed by atoms with Gasteiger partial charge in [-0.05, 0) is 56.3 Å². The Morgan fingerprint density at radius 3 is 2.69 bits per heavy atom. The number of aromatic nitrogens is 2. The molecule has 0 saturated carbocycles. The van der Waals surface area contributed by atoms with E-state index in [1.807, 2.05) is 67.5 Å². The number of para-hydroxylation sites is 2. The second-order valence-electron chi connectivity index (χ2n) is 9.50. The predicted octanol–water partition coefficient (Wildman–Crippen LogP) is 3.65. The number of piperazine rings is 1. The average Bonchev–Trinajstić information content (AvgIpc) is 3.11. The van der Waals surface area contributed by atoms with Crippen LogP contribution in [0.2, 0.25) is 0 Å². The van der Waals surface area contributed by atoms with Gasteiger partial charge in [-0.25, -0.2) is 0 Å². The summed E-state index contributed by atoms with van der Waals surface area (Å²) in [5.74, 6) is 1.71. The quantitative estimate of drug-likeness (QED) is 0.550. The van der Waals surface area contributed by atoms with Gasteiger partial charge in [0.05, 0.1) is 30.7 Å². The van der Waals surface area contributed by atoms with Crippen LogP contribution in [0, 0.1) is 6.92 Å². The molecule has 3 aromatic rings. The third-order valence-corrected chi connectivity index (χ3v) is 6.93. The lowest BCUT2D eigenvalue weighted by atomic mass is 10.1. The number of carbonyl (C=O) groups excluding carboxylic acids is 1. The summed E-state index contributed by atoms with van der Waals surface area (Å²) in [4.78, 5) is 20.4. The summed E-state index contributed by atoms with van der Waals surface area (Å²) in [6.07, 6.45) is 2.81. The third kappa shape index (κ3) is 5.04. The normalized spacial score (nSPS) is 16.3. The summed E-state index contributed by atoms with van der Waals surface area (Å²) in [7, 11) is 4.08. The Bertz CT molecular complexity index is 1200. The number of likely N-dealkylation sites (N-methyl/N-ethyl adjacent to an activating group) is 1. The molecule has 2 aliphatic heterocycles. The Kier molecular flexibility index (Phi) is 6.74. The molecule has 1 saturated heterocycles. The van der Waals surface area contributed by atoms with Crippen LogP contribution in [0.25, 0.3) is 0 Å². The summed E-state index contributed by atoms with van der Waals surface area (Å²) in [6.45, 7) is 8.71. The van der Waals surface area contributed by atoms with Crippen LogP contribution in [0.3, 0.4) is 0 Å². The minimum Gasteiger partial charge on any atom is -0.493 e. The van der Waals surface area contributed by atoms with Gasteiger partial charge in [0.2, 0.25) is 0 Å². The van der Waals surface area contributed by atoms with Crippen LogP contribution in [-0.2, 0) is 13.6 Å². The van der Waals surface area contributed by atoms with Gasteiger partial charge in [0.25, 0.3) is 5.91 Å². The van der Waals surface area contributed by atoms with Crippen LogP contribution in [-0.4, -0.2) is 71.9 Å². The predicted molar refractivity (Wildman–Crippen MR) is 139 cm³/mol. The first kappa shape index (κ1) is 23.4. The van der Waals surface area contributed by atoms with E-state index in [1.165, 1.54) is 0 Å². The minimum absolute atomic E-state index is 0.0410. The van der Waals surface area contributed by atoms with Crippen molar-refractivity contribution in [1.82, 2.24) is 19.6 Å². The summed E-state index contributed by atoms with van der Waals surface area (Å²) in [6, 6.07) is 13.6. The van der Waals surface area contributed by atoms with E-state index in [9.17, 15) is 4.79 Å². The summed E-state index contributed by atoms with van der Waals surface area (Å²) >= 11 is 0. The number of fused-ring (bicyclic) bond motifs is 2. The highest BCUT2D eigenvalue weighted by Crippen LogP contribution is 2.36. The van der Waals surface area contributed by atoms with Crippen LogP contribution >= 0.6 is 0 Å². The molecule has 1 amide bonds. The second-order valence-corrected chi connectivity index (χ2v) is 9.50. The largest absolute Gasteiger partial charge is 0.493 e. The zero-order valence-electron chi connectivity index (χ0n) is 20.8. The van der Waals surface area contributed by atoms with Gasteiger partial charge in [0.1, 0.15) is 11.6 Å². The molecule has 0 radical (unpaired) electrons. The van der Waals surface area contributed by atoms with Crippen LogP contribution in [0.4, 0.5) is 17.2 Å². The lowest BCUT2D eigenvalue weighted by molar-refractivity contribution is 0.0985. The number of carbonyl (C=O) groups is 1. The van der Waals surface area contributed by atoms with Crippen molar-refractivity contribution in [1.29, 1.82) is 0 Å². The van der Waals surface area contributed by atoms with E-state index in [0.717, 1.165) is 73.2 Å². The average molecular weight is 475 g/mol. The van der Waals surface area contributed by atoms with Crippen molar-refractivity contribution in [2.75, 3.05) is 56.6 Å². The molecular weight excluding hydrogens is 440 g/mol. The Hall–Kier alpha value is -3.36. The van der Waals surface area contributed by atoms with Crippen molar-refractivity contribution in [3.8, 4) is 5.75 Å². The monoisotopic (exact) mass is 474 g/mol. The zero-order valence-corrected chi connectivity index (χ0v) is 20.8. The maximum Gasteiger partial charge on any atom is 0.258 e. The maximum absolute atomic E-state index is 13.7. The van der Waals surface area contributed by atoms with E-state index >= 15 is 0 Å². The summed E-state index contributed by atoms with van der Waals surface area (Å²) in [5.41, 5.74) is 4.35. The zero-order chi connectivity index (χ0) is 24.4. The van der Waals surface area contributed by atoms with Gasteiger partial charge < -0.3 is 24.8 Å². The molecule has 3 heterocycles. The molecule has 0 unspecified atom stereocenters. The molecule has 8 nitrogen and oxygen atoms in total. The molecule has 5 rings (SSSR count). The van der Waals surface area contributed by atoms with Gasteiger partial charge in [-0.3, -0.25) is 9.48 Å². The number of nitrogens with one attached hydrogen (secondary N) is 1. The fraction of sp³-hybridized carbons (Fsp3) is 0.407. The molecule has 2 aromatic carbocycles. The van der Waals surface area contributed by atoms with Crippen molar-refractivity contribution >= 4 is 23.1 Å². The number of nitrogens with zero attached hydrogens (tertiary/aromatic N) is 5. The van der Waals surface area contributed by atoms with E-state index in [4.69, 9.17) is 4.74 Å². The van der Waals surface area contributed by atoms with E-state index in [1.54, 1.807) is 4.68 Å². The van der Waals surface area contributed by atoms with Gasteiger partial charge in [0.15, 0.2) is 0 Å². The first-order valence-corrected chi connectivity index (χ1v) is 12.3. The smallest absolute Gasteiger partial charge is 0.258 e. The van der Waals surface area contributed by atoms with Crippen LogP contribution in [0.1, 0.15) is 27.9 Å². The van der Waals surface area contributed by atoms with E-state index in [-0.39, 0.29) is 5.91 Å². The molecule has 2 aliphatic rings. The lowest BCUT2D eigenvalue weighted by Crippen LogP contribution is -2.44. The molecule has 0 atom stereocenters. The molecule has 184 valence electrons. The van der Waals surface area contributed by atoms with E-state index in [2.05, 4.69) is 27.3 Å². The number of aryl methyl sites for hydroxylation is 2. The van der Waals surface area contributed by atoms with Crippen molar-refractivity contribution in [3.63, 3.8) is 0 Å². The molecule has 1 fully saturated rings. The van der Waals surface area contributed by atoms with E-state index < -0.39 is 0 Å².